The van der Waals surface area contributed by atoms with Crippen molar-refractivity contribution in [3.8, 4) is 17.0 Å². The first-order valence-corrected chi connectivity index (χ1v) is 11.1. The van der Waals surface area contributed by atoms with E-state index >= 15 is 0 Å². The summed E-state index contributed by atoms with van der Waals surface area (Å²) in [5.74, 6) is 0.324. The lowest BCUT2D eigenvalue weighted by molar-refractivity contribution is 0.0955. The molecule has 178 valence electrons. The van der Waals surface area contributed by atoms with Crippen LogP contribution >= 0.6 is 0 Å². The van der Waals surface area contributed by atoms with E-state index in [1.807, 2.05) is 55.6 Å². The zero-order valence-corrected chi connectivity index (χ0v) is 19.2. The Bertz CT molecular complexity index is 1520. The normalized spacial score (nSPS) is 11.5. The number of H-pyrrole nitrogens is 1. The van der Waals surface area contributed by atoms with E-state index in [4.69, 9.17) is 4.74 Å². The molecule has 0 spiro atoms. The Morgan fingerprint density at radius 1 is 1.17 bits per heavy atom. The second-order valence-electron chi connectivity index (χ2n) is 8.26. The fraction of sp³-hybridized carbons (Fsp3) is 0.192. The van der Waals surface area contributed by atoms with Crippen molar-refractivity contribution in [3.05, 3.63) is 83.3 Å². The molecule has 0 bridgehead atoms. The zero-order valence-electron chi connectivity index (χ0n) is 19.2. The van der Waals surface area contributed by atoms with E-state index in [0.29, 0.717) is 24.2 Å². The van der Waals surface area contributed by atoms with Gasteiger partial charge in [0.05, 0.1) is 19.0 Å². The summed E-state index contributed by atoms with van der Waals surface area (Å²) < 4.78 is 33.9. The lowest BCUT2D eigenvalue weighted by atomic mass is 10.1. The fourth-order valence-corrected chi connectivity index (χ4v) is 4.07. The molecule has 9 heteroatoms. The number of carbonyl (C=O) groups excluding carboxylic acids is 1. The number of nitrogens with one attached hydrogen (secondary N) is 2. The maximum Gasteiger partial charge on any atom is 0.280 e. The molecule has 35 heavy (non-hydrogen) atoms. The maximum atomic E-state index is 13.8. The van der Waals surface area contributed by atoms with E-state index in [1.54, 1.807) is 7.11 Å². The highest BCUT2D eigenvalue weighted by Crippen LogP contribution is 2.27. The highest BCUT2D eigenvalue weighted by Gasteiger charge is 2.21. The number of hydrogen-bond acceptors (Lipinski definition) is 4. The van der Waals surface area contributed by atoms with E-state index in [1.165, 1.54) is 12.3 Å². The third-order valence-corrected chi connectivity index (χ3v) is 5.97. The number of rotatable bonds is 7. The number of halogens is 2. The minimum Gasteiger partial charge on any atom is -0.497 e. The Morgan fingerprint density at radius 2 is 1.97 bits per heavy atom. The summed E-state index contributed by atoms with van der Waals surface area (Å²) in [6.45, 7) is 2.29. The minimum atomic E-state index is -2.78. The quantitative estimate of drug-likeness (QED) is 0.343. The van der Waals surface area contributed by atoms with Gasteiger partial charge in [-0.3, -0.25) is 4.79 Å². The van der Waals surface area contributed by atoms with Gasteiger partial charge in [-0.2, -0.15) is 5.10 Å². The van der Waals surface area contributed by atoms with Crippen molar-refractivity contribution in [2.24, 2.45) is 0 Å². The highest BCUT2D eigenvalue weighted by atomic mass is 19.3. The lowest BCUT2D eigenvalue weighted by Crippen LogP contribution is -2.25. The van der Waals surface area contributed by atoms with Gasteiger partial charge < -0.3 is 15.0 Å². The highest BCUT2D eigenvalue weighted by molar-refractivity contribution is 6.00. The Morgan fingerprint density at radius 3 is 2.71 bits per heavy atom. The van der Waals surface area contributed by atoms with Gasteiger partial charge in [-0.25, -0.2) is 18.3 Å². The third kappa shape index (κ3) is 4.32. The number of alkyl halides is 2. The van der Waals surface area contributed by atoms with Crippen LogP contribution in [0.4, 0.5) is 8.78 Å². The van der Waals surface area contributed by atoms with E-state index < -0.39 is 12.3 Å². The monoisotopic (exact) mass is 475 g/mol. The van der Waals surface area contributed by atoms with E-state index in [-0.39, 0.29) is 16.9 Å². The van der Waals surface area contributed by atoms with E-state index in [2.05, 4.69) is 20.4 Å². The number of aryl methyl sites for hydroxylation is 1. The van der Waals surface area contributed by atoms with Crippen LogP contribution in [0.5, 0.6) is 5.75 Å². The second kappa shape index (κ2) is 9.17. The number of benzene rings is 2. The number of nitrogens with zero attached hydrogens (tertiary/aromatic N) is 3. The Labute approximate surface area is 199 Å². The van der Waals surface area contributed by atoms with Gasteiger partial charge in [-0.05, 0) is 43.2 Å². The van der Waals surface area contributed by atoms with Crippen LogP contribution in [0, 0.1) is 6.92 Å². The average Bonchev–Trinajstić information content (AvgIpc) is 3.47. The van der Waals surface area contributed by atoms with Gasteiger partial charge in [0.25, 0.3) is 12.3 Å². The van der Waals surface area contributed by atoms with Gasteiger partial charge in [-0.1, -0.05) is 29.8 Å². The molecule has 0 atom stereocenters. The van der Waals surface area contributed by atoms with Crippen LogP contribution in [-0.4, -0.2) is 39.1 Å². The van der Waals surface area contributed by atoms with Gasteiger partial charge in [-0.15, -0.1) is 0 Å². The molecule has 0 aliphatic rings. The predicted octanol–water partition coefficient (Wildman–Crippen LogP) is 5.10. The van der Waals surface area contributed by atoms with Crippen molar-refractivity contribution in [2.75, 3.05) is 13.7 Å². The van der Waals surface area contributed by atoms with Crippen LogP contribution in [0.15, 0.2) is 60.9 Å². The predicted molar refractivity (Wildman–Crippen MR) is 129 cm³/mol. The summed E-state index contributed by atoms with van der Waals surface area (Å²) in [5, 5.41) is 7.90. The molecule has 2 N–H and O–H groups in total. The molecule has 2 aromatic carbocycles. The van der Waals surface area contributed by atoms with Gasteiger partial charge in [0, 0.05) is 29.2 Å². The number of carbonyl (C=O) groups is 1. The fourth-order valence-electron chi connectivity index (χ4n) is 4.07. The Hall–Kier alpha value is -4.27. The maximum absolute atomic E-state index is 13.8. The van der Waals surface area contributed by atoms with Crippen LogP contribution in [-0.2, 0) is 6.42 Å². The first kappa shape index (κ1) is 22.5. The van der Waals surface area contributed by atoms with Crippen LogP contribution in [0.2, 0.25) is 0 Å². The summed E-state index contributed by atoms with van der Waals surface area (Å²) in [6.07, 6.45) is 0.969. The number of amides is 1. The SMILES string of the molecule is COc1ccc2[nH]cc(CCNC(=O)c3cnn4c(C(F)F)cc(-c5ccc(C)cc5)nc34)c2c1. The van der Waals surface area contributed by atoms with Crippen LogP contribution in [0.25, 0.3) is 27.8 Å². The first-order chi connectivity index (χ1) is 16.9. The standard InChI is InChI=1S/C26H23F2N5O2/c1-15-3-5-16(6-4-15)22-12-23(24(27)28)33-25(32-22)20(14-31-33)26(34)29-10-9-17-13-30-21-8-7-18(35-2)11-19(17)21/h3-8,11-14,24,30H,9-10H2,1-2H3,(H,29,34). The molecule has 1 amide bonds. The van der Waals surface area contributed by atoms with E-state index in [0.717, 1.165) is 32.3 Å². The first-order valence-electron chi connectivity index (χ1n) is 11.1. The summed E-state index contributed by atoms with van der Waals surface area (Å²) in [7, 11) is 1.61. The molecule has 3 aromatic heterocycles. The molecule has 5 aromatic rings. The van der Waals surface area contributed by atoms with Crippen molar-refractivity contribution in [2.45, 2.75) is 19.8 Å². The number of hydrogen-bond donors (Lipinski definition) is 2. The molecule has 0 unspecified atom stereocenters. The number of methoxy groups -OCH3 is 1. The largest absolute Gasteiger partial charge is 0.497 e. The summed E-state index contributed by atoms with van der Waals surface area (Å²) in [6, 6.07) is 14.5. The molecule has 3 heterocycles. The molecule has 0 radical (unpaired) electrons. The van der Waals surface area contributed by atoms with Crippen molar-refractivity contribution < 1.29 is 18.3 Å². The number of ether oxygens (including phenoxy) is 1. The molecule has 0 saturated heterocycles. The molecule has 7 nitrogen and oxygen atoms in total. The number of fused-ring (bicyclic) bond motifs is 2. The molecule has 0 aliphatic carbocycles. The van der Waals surface area contributed by atoms with Gasteiger partial charge in [0.2, 0.25) is 0 Å². The Balaban J connectivity index is 1.40. The molecule has 0 fully saturated rings. The number of aromatic nitrogens is 4. The average molecular weight is 475 g/mol. The summed E-state index contributed by atoms with van der Waals surface area (Å²) in [4.78, 5) is 20.7. The molecular weight excluding hydrogens is 452 g/mol. The van der Waals surface area contributed by atoms with Gasteiger partial charge in [0.1, 0.15) is 17.0 Å². The lowest BCUT2D eigenvalue weighted by Gasteiger charge is -2.09. The smallest absolute Gasteiger partial charge is 0.280 e. The third-order valence-electron chi connectivity index (χ3n) is 5.97. The van der Waals surface area contributed by atoms with Gasteiger partial charge >= 0.3 is 0 Å². The van der Waals surface area contributed by atoms with Crippen molar-refractivity contribution in [3.63, 3.8) is 0 Å². The summed E-state index contributed by atoms with van der Waals surface area (Å²) >= 11 is 0. The topological polar surface area (TPSA) is 84.3 Å². The van der Waals surface area contributed by atoms with Crippen molar-refractivity contribution in [1.82, 2.24) is 24.9 Å². The molecule has 0 saturated carbocycles. The molecular formula is C26H23F2N5O2. The zero-order chi connectivity index (χ0) is 24.5. The van der Waals surface area contributed by atoms with Crippen LogP contribution < -0.4 is 10.1 Å². The number of aromatic amines is 1. The van der Waals surface area contributed by atoms with Crippen LogP contribution in [0.1, 0.15) is 33.6 Å². The molecule has 5 rings (SSSR count). The Kier molecular flexibility index (Phi) is 5.90. The van der Waals surface area contributed by atoms with E-state index in [9.17, 15) is 13.6 Å². The molecule has 0 aliphatic heterocycles. The van der Waals surface area contributed by atoms with Gasteiger partial charge in [0.15, 0.2) is 5.65 Å². The van der Waals surface area contributed by atoms with Crippen LogP contribution in [0.3, 0.4) is 0 Å². The summed E-state index contributed by atoms with van der Waals surface area (Å²) in [5.41, 5.74) is 3.99. The van der Waals surface area contributed by atoms with Crippen molar-refractivity contribution in [1.29, 1.82) is 0 Å². The minimum absolute atomic E-state index is 0.0905. The second-order valence-corrected chi connectivity index (χ2v) is 8.26. The van der Waals surface area contributed by atoms with Crippen molar-refractivity contribution >= 4 is 22.5 Å².